The molecule has 5 nitrogen and oxygen atoms in total. The molecular formula is C13H25N3O2. The minimum Gasteiger partial charge on any atom is -0.335 e. The van der Waals surface area contributed by atoms with Gasteiger partial charge in [-0.05, 0) is 32.1 Å². The third-order valence-corrected chi connectivity index (χ3v) is 4.11. The summed E-state index contributed by atoms with van der Waals surface area (Å²) in [7, 11) is 0. The van der Waals surface area contributed by atoms with E-state index in [1.54, 1.807) is 0 Å². The zero-order chi connectivity index (χ0) is 12.8. The summed E-state index contributed by atoms with van der Waals surface area (Å²) in [4.78, 5) is 18.9. The van der Waals surface area contributed by atoms with Crippen LogP contribution in [-0.4, -0.2) is 36.2 Å². The van der Waals surface area contributed by atoms with Gasteiger partial charge in [0.1, 0.15) is 0 Å². The predicted molar refractivity (Wildman–Crippen MR) is 69.9 cm³/mol. The van der Waals surface area contributed by atoms with E-state index < -0.39 is 0 Å². The first-order valence-electron chi connectivity index (χ1n) is 7.20. The van der Waals surface area contributed by atoms with Crippen molar-refractivity contribution in [3.63, 3.8) is 0 Å². The summed E-state index contributed by atoms with van der Waals surface area (Å²) < 4.78 is 0. The molecule has 2 amide bonds. The van der Waals surface area contributed by atoms with E-state index in [1.165, 1.54) is 19.3 Å². The molecule has 0 spiro atoms. The SMILES string of the molecule is NOCC1CCCCN1C(=O)NC1CCCCC1. The second-order valence-corrected chi connectivity index (χ2v) is 5.46. The van der Waals surface area contributed by atoms with Crippen LogP contribution in [0, 0.1) is 0 Å². The Balaban J connectivity index is 1.84. The number of hydrogen-bond donors (Lipinski definition) is 2. The van der Waals surface area contributed by atoms with Gasteiger partial charge in [-0.25, -0.2) is 10.7 Å². The van der Waals surface area contributed by atoms with Crippen LogP contribution in [0.25, 0.3) is 0 Å². The van der Waals surface area contributed by atoms with Crippen molar-refractivity contribution in [2.75, 3.05) is 13.2 Å². The molecule has 1 heterocycles. The fraction of sp³-hybridized carbons (Fsp3) is 0.923. The van der Waals surface area contributed by atoms with E-state index in [0.29, 0.717) is 12.6 Å². The van der Waals surface area contributed by atoms with Crippen molar-refractivity contribution in [3.8, 4) is 0 Å². The first kappa shape index (κ1) is 13.6. The van der Waals surface area contributed by atoms with Gasteiger partial charge in [-0.2, -0.15) is 0 Å². The molecule has 1 aliphatic carbocycles. The molecule has 0 aromatic carbocycles. The Hall–Kier alpha value is -0.810. The normalized spacial score (nSPS) is 26.1. The van der Waals surface area contributed by atoms with Crippen molar-refractivity contribution >= 4 is 6.03 Å². The number of nitrogens with two attached hydrogens (primary N) is 1. The maximum atomic E-state index is 12.3. The molecule has 1 saturated heterocycles. The molecule has 1 atom stereocenters. The molecule has 5 heteroatoms. The Morgan fingerprint density at radius 1 is 1.17 bits per heavy atom. The highest BCUT2D eigenvalue weighted by Crippen LogP contribution is 2.20. The van der Waals surface area contributed by atoms with Gasteiger partial charge in [0, 0.05) is 12.6 Å². The summed E-state index contributed by atoms with van der Waals surface area (Å²) >= 11 is 0. The van der Waals surface area contributed by atoms with Gasteiger partial charge >= 0.3 is 6.03 Å². The van der Waals surface area contributed by atoms with E-state index >= 15 is 0 Å². The van der Waals surface area contributed by atoms with Crippen LogP contribution in [0.1, 0.15) is 51.4 Å². The summed E-state index contributed by atoms with van der Waals surface area (Å²) in [5.74, 6) is 5.15. The molecule has 2 aliphatic rings. The van der Waals surface area contributed by atoms with Crippen LogP contribution >= 0.6 is 0 Å². The highest BCUT2D eigenvalue weighted by atomic mass is 16.6. The molecule has 0 aromatic rings. The fourth-order valence-electron chi connectivity index (χ4n) is 3.06. The third-order valence-electron chi connectivity index (χ3n) is 4.11. The van der Waals surface area contributed by atoms with Crippen molar-refractivity contribution in [1.82, 2.24) is 10.2 Å². The predicted octanol–water partition coefficient (Wildman–Crippen LogP) is 1.77. The molecule has 0 radical (unpaired) electrons. The topological polar surface area (TPSA) is 67.6 Å². The van der Waals surface area contributed by atoms with E-state index in [2.05, 4.69) is 5.32 Å². The number of urea groups is 1. The van der Waals surface area contributed by atoms with Gasteiger partial charge in [0.25, 0.3) is 0 Å². The molecule has 1 unspecified atom stereocenters. The van der Waals surface area contributed by atoms with Crippen LogP contribution in [0.3, 0.4) is 0 Å². The number of carbonyl (C=O) groups excluding carboxylic acids is 1. The van der Waals surface area contributed by atoms with Crippen LogP contribution in [0.2, 0.25) is 0 Å². The third kappa shape index (κ3) is 3.59. The second-order valence-electron chi connectivity index (χ2n) is 5.46. The number of rotatable bonds is 3. The van der Waals surface area contributed by atoms with Gasteiger partial charge < -0.3 is 15.1 Å². The maximum Gasteiger partial charge on any atom is 0.317 e. The number of nitrogens with one attached hydrogen (secondary N) is 1. The molecule has 1 aliphatic heterocycles. The highest BCUT2D eigenvalue weighted by Gasteiger charge is 2.28. The van der Waals surface area contributed by atoms with E-state index in [4.69, 9.17) is 10.7 Å². The lowest BCUT2D eigenvalue weighted by Crippen LogP contribution is -2.53. The molecular weight excluding hydrogens is 230 g/mol. The first-order chi connectivity index (χ1) is 8.81. The van der Waals surface area contributed by atoms with Gasteiger partial charge in [-0.15, -0.1) is 0 Å². The number of hydrogen-bond acceptors (Lipinski definition) is 3. The Kier molecular flexibility index (Phi) is 5.26. The number of likely N-dealkylation sites (tertiary alicyclic amines) is 1. The summed E-state index contributed by atoms with van der Waals surface area (Å²) in [6.45, 7) is 1.27. The summed E-state index contributed by atoms with van der Waals surface area (Å²) in [6.07, 6.45) is 9.26. The monoisotopic (exact) mass is 255 g/mol. The van der Waals surface area contributed by atoms with Crippen molar-refractivity contribution in [2.24, 2.45) is 5.90 Å². The van der Waals surface area contributed by atoms with Crippen LogP contribution < -0.4 is 11.2 Å². The lowest BCUT2D eigenvalue weighted by Gasteiger charge is -2.36. The van der Waals surface area contributed by atoms with Gasteiger partial charge in [0.05, 0.1) is 12.6 Å². The molecule has 1 saturated carbocycles. The van der Waals surface area contributed by atoms with Crippen LogP contribution in [-0.2, 0) is 4.84 Å². The van der Waals surface area contributed by atoms with Crippen molar-refractivity contribution in [3.05, 3.63) is 0 Å². The van der Waals surface area contributed by atoms with E-state index in [9.17, 15) is 4.79 Å². The zero-order valence-corrected chi connectivity index (χ0v) is 11.1. The largest absolute Gasteiger partial charge is 0.335 e. The Morgan fingerprint density at radius 3 is 2.61 bits per heavy atom. The number of nitrogens with zero attached hydrogens (tertiary/aromatic N) is 1. The maximum absolute atomic E-state index is 12.3. The van der Waals surface area contributed by atoms with Gasteiger partial charge in [-0.3, -0.25) is 0 Å². The van der Waals surface area contributed by atoms with Crippen LogP contribution in [0.4, 0.5) is 4.79 Å². The molecule has 2 rings (SSSR count). The Labute approximate surface area is 109 Å². The lowest BCUT2D eigenvalue weighted by molar-refractivity contribution is 0.0549. The van der Waals surface area contributed by atoms with Crippen LogP contribution in [0.5, 0.6) is 0 Å². The molecule has 0 aromatic heterocycles. The van der Waals surface area contributed by atoms with Crippen molar-refractivity contribution < 1.29 is 9.63 Å². The zero-order valence-electron chi connectivity index (χ0n) is 11.1. The number of carbonyl (C=O) groups is 1. The summed E-state index contributed by atoms with van der Waals surface area (Å²) in [5, 5.41) is 3.17. The minimum atomic E-state index is 0.0728. The second kappa shape index (κ2) is 6.95. The summed E-state index contributed by atoms with van der Waals surface area (Å²) in [6, 6.07) is 0.587. The van der Waals surface area contributed by atoms with Gasteiger partial charge in [0.2, 0.25) is 0 Å². The van der Waals surface area contributed by atoms with Gasteiger partial charge in [0.15, 0.2) is 0 Å². The first-order valence-corrected chi connectivity index (χ1v) is 7.20. The Morgan fingerprint density at radius 2 is 1.89 bits per heavy atom. The highest BCUT2D eigenvalue weighted by molar-refractivity contribution is 5.75. The summed E-state index contributed by atoms with van der Waals surface area (Å²) in [5.41, 5.74) is 0. The molecule has 0 bridgehead atoms. The van der Waals surface area contributed by atoms with E-state index in [0.717, 1.165) is 38.6 Å². The molecule has 2 fully saturated rings. The minimum absolute atomic E-state index is 0.0728. The average Bonchev–Trinajstić information content (AvgIpc) is 2.41. The Bertz CT molecular complexity index is 265. The van der Waals surface area contributed by atoms with Crippen LogP contribution in [0.15, 0.2) is 0 Å². The smallest absolute Gasteiger partial charge is 0.317 e. The fourth-order valence-corrected chi connectivity index (χ4v) is 3.06. The lowest BCUT2D eigenvalue weighted by atomic mass is 9.95. The number of amides is 2. The molecule has 3 N–H and O–H groups in total. The van der Waals surface area contributed by atoms with Crippen molar-refractivity contribution in [2.45, 2.75) is 63.5 Å². The van der Waals surface area contributed by atoms with E-state index in [1.807, 2.05) is 4.90 Å². The van der Waals surface area contributed by atoms with Gasteiger partial charge in [-0.1, -0.05) is 19.3 Å². The number of piperidine rings is 1. The molecule has 18 heavy (non-hydrogen) atoms. The van der Waals surface area contributed by atoms with E-state index in [-0.39, 0.29) is 12.1 Å². The standard InChI is InChI=1S/C13H25N3O2/c14-18-10-12-8-4-5-9-16(12)13(17)15-11-6-2-1-3-7-11/h11-12H,1-10,14H2,(H,15,17). The quantitative estimate of drug-likeness (QED) is 0.755. The average molecular weight is 255 g/mol. The van der Waals surface area contributed by atoms with Crippen molar-refractivity contribution in [1.29, 1.82) is 0 Å². The molecule has 104 valence electrons.